The summed E-state index contributed by atoms with van der Waals surface area (Å²) < 4.78 is 36.2. The van der Waals surface area contributed by atoms with E-state index in [1.54, 1.807) is 13.8 Å². The third-order valence-corrected chi connectivity index (χ3v) is 9.27. The first-order valence-corrected chi connectivity index (χ1v) is 13.7. The number of carbonyl (C=O) groups is 4. The van der Waals surface area contributed by atoms with E-state index in [1.807, 2.05) is 20.8 Å². The summed E-state index contributed by atoms with van der Waals surface area (Å²) in [6.45, 7) is 13.7. The summed E-state index contributed by atoms with van der Waals surface area (Å²) in [4.78, 5) is 48.5. The summed E-state index contributed by atoms with van der Waals surface area (Å²) in [6.07, 6.45) is -2.80. The van der Waals surface area contributed by atoms with Gasteiger partial charge in [0.2, 0.25) is 0 Å². The molecule has 1 aliphatic carbocycles. The minimum Gasteiger partial charge on any atom is -0.462 e. The number of fused-ring (bicyclic) bond motifs is 6. The third-order valence-electron chi connectivity index (χ3n) is 9.27. The summed E-state index contributed by atoms with van der Waals surface area (Å²) in [6, 6.07) is 0. The van der Waals surface area contributed by atoms with Gasteiger partial charge >= 0.3 is 17.9 Å². The normalized spacial score (nSPS) is 46.8. The van der Waals surface area contributed by atoms with Gasteiger partial charge in [-0.25, -0.2) is 0 Å². The van der Waals surface area contributed by atoms with E-state index in [0.717, 1.165) is 0 Å². The quantitative estimate of drug-likeness (QED) is 0.223. The minimum absolute atomic E-state index is 0.0628. The molecular weight excluding hydrogens is 512 g/mol. The van der Waals surface area contributed by atoms with Crippen LogP contribution in [0.5, 0.6) is 0 Å². The smallest absolute Gasteiger partial charge is 0.303 e. The van der Waals surface area contributed by atoms with Crippen molar-refractivity contribution in [2.75, 3.05) is 6.61 Å². The van der Waals surface area contributed by atoms with Gasteiger partial charge in [-0.05, 0) is 39.5 Å². The van der Waals surface area contributed by atoms with Gasteiger partial charge < -0.3 is 33.5 Å². The average Bonchev–Trinajstić information content (AvgIpc) is 3.48. The zero-order valence-corrected chi connectivity index (χ0v) is 24.1. The Morgan fingerprint density at radius 3 is 2.13 bits per heavy atom. The molecule has 4 fully saturated rings. The Morgan fingerprint density at radius 1 is 1.03 bits per heavy atom. The molecule has 220 valence electrons. The molecule has 3 saturated heterocycles. The molecule has 0 radical (unpaired) electrons. The molecule has 0 aromatic rings. The van der Waals surface area contributed by atoms with Crippen molar-refractivity contribution in [3.8, 4) is 0 Å². The molecule has 39 heavy (non-hydrogen) atoms. The molecule has 1 spiro atoms. The first-order chi connectivity index (χ1) is 18.0. The van der Waals surface area contributed by atoms with Gasteiger partial charge in [0.1, 0.15) is 35.1 Å². The molecule has 1 N–H and O–H groups in total. The van der Waals surface area contributed by atoms with Crippen molar-refractivity contribution >= 4 is 24.4 Å². The Bertz CT molecular complexity index is 1000. The summed E-state index contributed by atoms with van der Waals surface area (Å²) in [7, 11) is 0. The van der Waals surface area contributed by atoms with Gasteiger partial charge in [0.05, 0.1) is 12.2 Å². The lowest BCUT2D eigenvalue weighted by Crippen LogP contribution is -2.66. The average molecular weight is 555 g/mol. The summed E-state index contributed by atoms with van der Waals surface area (Å²) in [5.74, 6) is -2.81. The van der Waals surface area contributed by atoms with E-state index in [2.05, 4.69) is 0 Å². The van der Waals surface area contributed by atoms with E-state index in [-0.39, 0.29) is 43.6 Å². The number of carbonyl (C=O) groups excluding carboxylic acids is 4. The molecule has 11 heteroatoms. The Labute approximate surface area is 229 Å². The van der Waals surface area contributed by atoms with Crippen molar-refractivity contribution in [1.82, 2.24) is 0 Å². The molecule has 11 atom stereocenters. The van der Waals surface area contributed by atoms with Crippen LogP contribution in [0.1, 0.15) is 74.7 Å². The monoisotopic (exact) mass is 554 g/mol. The maximum Gasteiger partial charge on any atom is 0.303 e. The molecule has 2 bridgehead atoms. The zero-order valence-electron chi connectivity index (χ0n) is 24.1. The van der Waals surface area contributed by atoms with E-state index in [1.165, 1.54) is 20.8 Å². The summed E-state index contributed by atoms with van der Waals surface area (Å²) in [5, 5.41) is 11.7. The third kappa shape index (κ3) is 5.06. The zero-order chi connectivity index (χ0) is 29.1. The van der Waals surface area contributed by atoms with Gasteiger partial charge in [-0.1, -0.05) is 13.8 Å². The van der Waals surface area contributed by atoms with Crippen LogP contribution in [0.2, 0.25) is 0 Å². The molecule has 11 nitrogen and oxygen atoms in total. The van der Waals surface area contributed by atoms with E-state index in [4.69, 9.17) is 28.4 Å². The number of hydrogen-bond donors (Lipinski definition) is 1. The van der Waals surface area contributed by atoms with Crippen LogP contribution in [0.3, 0.4) is 0 Å². The maximum absolute atomic E-state index is 12.4. The maximum atomic E-state index is 12.4. The highest BCUT2D eigenvalue weighted by Crippen LogP contribution is 2.66. The molecule has 0 unspecified atom stereocenters. The lowest BCUT2D eigenvalue weighted by molar-refractivity contribution is -0.209. The van der Waals surface area contributed by atoms with Crippen molar-refractivity contribution in [3.05, 3.63) is 0 Å². The van der Waals surface area contributed by atoms with Gasteiger partial charge in [0, 0.05) is 44.9 Å². The van der Waals surface area contributed by atoms with Crippen molar-refractivity contribution in [2.24, 2.45) is 23.7 Å². The molecular formula is C28H42O11. The van der Waals surface area contributed by atoms with Crippen LogP contribution >= 0.6 is 0 Å². The number of esters is 3. The molecule has 0 aromatic heterocycles. The van der Waals surface area contributed by atoms with Gasteiger partial charge in [-0.2, -0.15) is 0 Å². The number of aliphatic hydroxyl groups is 1. The van der Waals surface area contributed by atoms with Gasteiger partial charge in [-0.3, -0.25) is 19.2 Å². The topological polar surface area (TPSA) is 147 Å². The lowest BCUT2D eigenvalue weighted by atomic mass is 9.53. The number of ether oxygens (including phenoxy) is 6. The Hall–Kier alpha value is -2.24. The Balaban J connectivity index is 1.95. The number of rotatable bonds is 6. The van der Waals surface area contributed by atoms with Crippen LogP contribution in [-0.4, -0.2) is 82.9 Å². The van der Waals surface area contributed by atoms with Gasteiger partial charge in [0.25, 0.3) is 6.47 Å². The predicted octanol–water partition coefficient (Wildman–Crippen LogP) is 2.09. The SMILES string of the molecule is CC(=O)O[C@H]1[C@H](C(C)C)[C@H]2[C@H]3O[C@](C)(C[C@](C)(O)[C@@H](OC=O)CC[C@@]3(C)OC(C)=O)[C@H]2[C@]2(CO2)[C@H]1OC(C)=O. The second-order valence-electron chi connectivity index (χ2n) is 12.8. The van der Waals surface area contributed by atoms with Crippen LogP contribution in [-0.2, 0) is 47.6 Å². The minimum atomic E-state index is -1.51. The van der Waals surface area contributed by atoms with Crippen LogP contribution in [0, 0.1) is 23.7 Å². The summed E-state index contributed by atoms with van der Waals surface area (Å²) >= 11 is 0. The molecule has 0 aromatic carbocycles. The van der Waals surface area contributed by atoms with Gasteiger partial charge in [-0.15, -0.1) is 0 Å². The number of epoxide rings is 1. The lowest BCUT2D eigenvalue weighted by Gasteiger charge is -2.53. The van der Waals surface area contributed by atoms with Crippen molar-refractivity contribution in [3.63, 3.8) is 0 Å². The van der Waals surface area contributed by atoms with Crippen LogP contribution in [0.25, 0.3) is 0 Å². The van der Waals surface area contributed by atoms with Crippen molar-refractivity contribution in [2.45, 2.75) is 121 Å². The van der Waals surface area contributed by atoms with Crippen molar-refractivity contribution < 1.29 is 52.7 Å². The second kappa shape index (κ2) is 9.99. The molecule has 0 amide bonds. The fourth-order valence-electron chi connectivity index (χ4n) is 8.19. The second-order valence-corrected chi connectivity index (χ2v) is 12.8. The molecule has 4 aliphatic rings. The fraction of sp³-hybridized carbons (Fsp3) is 0.857. The first kappa shape index (κ1) is 29.7. The van der Waals surface area contributed by atoms with Crippen molar-refractivity contribution in [1.29, 1.82) is 0 Å². The van der Waals surface area contributed by atoms with E-state index in [9.17, 15) is 24.3 Å². The summed E-state index contributed by atoms with van der Waals surface area (Å²) in [5.41, 5.74) is -4.84. The fourth-order valence-corrected chi connectivity index (χ4v) is 8.19. The van der Waals surface area contributed by atoms with E-state index < -0.39 is 70.6 Å². The van der Waals surface area contributed by atoms with E-state index >= 15 is 0 Å². The first-order valence-electron chi connectivity index (χ1n) is 13.7. The Kier molecular flexibility index (Phi) is 7.62. The van der Waals surface area contributed by atoms with Crippen LogP contribution in [0.4, 0.5) is 0 Å². The Morgan fingerprint density at radius 2 is 1.64 bits per heavy atom. The molecule has 4 rings (SSSR count). The largest absolute Gasteiger partial charge is 0.462 e. The van der Waals surface area contributed by atoms with Crippen LogP contribution < -0.4 is 0 Å². The van der Waals surface area contributed by atoms with E-state index in [0.29, 0.717) is 6.47 Å². The molecule has 3 heterocycles. The standard InChI is InChI=1S/C28H42O11/c1-14(2)19-20-22(28(12-35-28)24(37-16(4)31)21(19)36-15(3)30)27(8)11-25(6,33)18(34-13-29)9-10-26(7,23(20)39-27)38-17(5)32/h13-14,18-24,33H,9-12H2,1-8H3/t18-,19+,20+,21-,22-,23+,24-,25-,26+,27+,28+/m0/s1. The highest BCUT2D eigenvalue weighted by Gasteiger charge is 2.79. The predicted molar refractivity (Wildman–Crippen MR) is 134 cm³/mol. The highest BCUT2D eigenvalue weighted by atomic mass is 16.7. The van der Waals surface area contributed by atoms with Gasteiger partial charge in [0.15, 0.2) is 6.10 Å². The number of hydrogen-bond acceptors (Lipinski definition) is 11. The molecule has 1 saturated carbocycles. The highest BCUT2D eigenvalue weighted by molar-refractivity contribution is 5.68. The molecule has 3 aliphatic heterocycles. The van der Waals surface area contributed by atoms with Crippen LogP contribution in [0.15, 0.2) is 0 Å².